The molecule has 0 radical (unpaired) electrons. The molecule has 0 amide bonds. The Kier molecular flexibility index (Phi) is 14.4. The molecule has 1 aliphatic heterocycles. The largest absolute Gasteiger partial charge is 0.379 e. The summed E-state index contributed by atoms with van der Waals surface area (Å²) in [7, 11) is 0. The van der Waals surface area contributed by atoms with E-state index in [1.807, 2.05) is 0 Å². The summed E-state index contributed by atoms with van der Waals surface area (Å²) < 4.78 is 16.9. The molecule has 0 aromatic heterocycles. The van der Waals surface area contributed by atoms with Gasteiger partial charge in [-0.25, -0.2) is 0 Å². The van der Waals surface area contributed by atoms with E-state index in [0.717, 1.165) is 58.3 Å². The van der Waals surface area contributed by atoms with E-state index >= 15 is 0 Å². The number of morpholine rings is 1. The third kappa shape index (κ3) is 13.0. The van der Waals surface area contributed by atoms with E-state index in [0.29, 0.717) is 32.3 Å². The molecule has 0 aromatic rings. The van der Waals surface area contributed by atoms with Gasteiger partial charge in [-0.3, -0.25) is 9.89 Å². The average Bonchev–Trinajstić information content (AvgIpc) is 2.64. The van der Waals surface area contributed by atoms with Crippen molar-refractivity contribution in [3.05, 3.63) is 0 Å². The maximum Gasteiger partial charge on any atom is 0.191 e. The van der Waals surface area contributed by atoms with Crippen LogP contribution in [0.2, 0.25) is 0 Å². The number of nitrogens with zero attached hydrogens (tertiary/aromatic N) is 2. The van der Waals surface area contributed by atoms with Crippen molar-refractivity contribution in [3.63, 3.8) is 0 Å². The molecule has 160 valence electrons. The minimum atomic E-state index is 0.171. The Balaban J connectivity index is 2.19. The van der Waals surface area contributed by atoms with E-state index in [2.05, 4.69) is 48.2 Å². The first-order chi connectivity index (χ1) is 13.2. The molecule has 2 N–H and O–H groups in total. The van der Waals surface area contributed by atoms with Gasteiger partial charge in [-0.15, -0.1) is 0 Å². The van der Waals surface area contributed by atoms with Gasteiger partial charge in [0.15, 0.2) is 5.96 Å². The first-order valence-corrected chi connectivity index (χ1v) is 10.7. The first kappa shape index (κ1) is 24.1. The molecule has 7 nitrogen and oxygen atoms in total. The predicted molar refractivity (Wildman–Crippen MR) is 112 cm³/mol. The van der Waals surface area contributed by atoms with Gasteiger partial charge in [0, 0.05) is 39.3 Å². The van der Waals surface area contributed by atoms with E-state index in [1.54, 1.807) is 0 Å². The molecule has 0 bridgehead atoms. The summed E-state index contributed by atoms with van der Waals surface area (Å²) in [4.78, 5) is 7.16. The van der Waals surface area contributed by atoms with Crippen molar-refractivity contribution in [3.8, 4) is 0 Å². The maximum absolute atomic E-state index is 5.87. The number of hydrogen-bond acceptors (Lipinski definition) is 5. The van der Waals surface area contributed by atoms with Crippen LogP contribution in [0.4, 0.5) is 0 Å². The SMILES string of the molecule is CCCCOCCOCCNC(=NCC1CN(CC(C)C)CCO1)NCC. The van der Waals surface area contributed by atoms with Gasteiger partial charge in [-0.05, 0) is 19.3 Å². The molecule has 1 aliphatic rings. The van der Waals surface area contributed by atoms with Crippen LogP contribution in [0.25, 0.3) is 0 Å². The Labute approximate surface area is 166 Å². The predicted octanol–water partition coefficient (Wildman–Crippen LogP) is 1.73. The molecule has 1 fully saturated rings. The summed E-state index contributed by atoms with van der Waals surface area (Å²) >= 11 is 0. The van der Waals surface area contributed by atoms with Gasteiger partial charge in [0.25, 0.3) is 0 Å². The fourth-order valence-electron chi connectivity index (χ4n) is 2.92. The van der Waals surface area contributed by atoms with Gasteiger partial charge < -0.3 is 24.8 Å². The number of hydrogen-bond donors (Lipinski definition) is 2. The summed E-state index contributed by atoms with van der Waals surface area (Å²) in [5.41, 5.74) is 0. The van der Waals surface area contributed by atoms with Crippen LogP contribution in [-0.2, 0) is 14.2 Å². The van der Waals surface area contributed by atoms with Gasteiger partial charge >= 0.3 is 0 Å². The second-order valence-electron chi connectivity index (χ2n) is 7.37. The maximum atomic E-state index is 5.87. The quantitative estimate of drug-likeness (QED) is 0.269. The van der Waals surface area contributed by atoms with E-state index in [9.17, 15) is 0 Å². The average molecular weight is 387 g/mol. The molecular formula is C20H42N4O3. The minimum absolute atomic E-state index is 0.171. The third-order valence-corrected chi connectivity index (χ3v) is 4.20. The lowest BCUT2D eigenvalue weighted by molar-refractivity contribution is -0.0262. The second kappa shape index (κ2) is 16.1. The molecular weight excluding hydrogens is 344 g/mol. The van der Waals surface area contributed by atoms with Crippen molar-refractivity contribution in [2.24, 2.45) is 10.9 Å². The fraction of sp³-hybridized carbons (Fsp3) is 0.950. The molecule has 7 heteroatoms. The summed E-state index contributed by atoms with van der Waals surface area (Å²) in [6.45, 7) is 17.7. The van der Waals surface area contributed by atoms with Gasteiger partial charge in [0.1, 0.15) is 0 Å². The molecule has 1 atom stereocenters. The van der Waals surface area contributed by atoms with Gasteiger partial charge in [0.05, 0.1) is 39.1 Å². The van der Waals surface area contributed by atoms with Crippen LogP contribution in [0.1, 0.15) is 40.5 Å². The highest BCUT2D eigenvalue weighted by atomic mass is 16.5. The number of nitrogens with one attached hydrogen (secondary N) is 2. The Morgan fingerprint density at radius 2 is 1.93 bits per heavy atom. The fourth-order valence-corrected chi connectivity index (χ4v) is 2.92. The van der Waals surface area contributed by atoms with Crippen LogP contribution in [0.5, 0.6) is 0 Å². The molecule has 1 saturated heterocycles. The number of rotatable bonds is 14. The minimum Gasteiger partial charge on any atom is -0.379 e. The summed E-state index contributed by atoms with van der Waals surface area (Å²) in [5.74, 6) is 1.51. The molecule has 0 aliphatic carbocycles. The van der Waals surface area contributed by atoms with Crippen molar-refractivity contribution < 1.29 is 14.2 Å². The highest BCUT2D eigenvalue weighted by molar-refractivity contribution is 5.79. The zero-order chi connectivity index (χ0) is 19.7. The van der Waals surface area contributed by atoms with Crippen molar-refractivity contribution >= 4 is 5.96 Å². The van der Waals surface area contributed by atoms with Crippen molar-refractivity contribution in [1.82, 2.24) is 15.5 Å². The number of ether oxygens (including phenoxy) is 3. The Bertz CT molecular complexity index is 380. The van der Waals surface area contributed by atoms with Crippen molar-refractivity contribution in [2.45, 2.75) is 46.6 Å². The second-order valence-corrected chi connectivity index (χ2v) is 7.37. The lowest BCUT2D eigenvalue weighted by Crippen LogP contribution is -2.46. The third-order valence-electron chi connectivity index (χ3n) is 4.20. The van der Waals surface area contributed by atoms with E-state index in [-0.39, 0.29) is 6.10 Å². The monoisotopic (exact) mass is 386 g/mol. The Morgan fingerprint density at radius 1 is 1.15 bits per heavy atom. The van der Waals surface area contributed by atoms with Gasteiger partial charge in [-0.2, -0.15) is 0 Å². The summed E-state index contributed by atoms with van der Waals surface area (Å²) in [6, 6.07) is 0. The number of aliphatic imine (C=N–C) groups is 1. The smallest absolute Gasteiger partial charge is 0.191 e. The van der Waals surface area contributed by atoms with Crippen LogP contribution in [0, 0.1) is 5.92 Å². The molecule has 1 heterocycles. The molecule has 1 rings (SSSR count). The number of unbranched alkanes of at least 4 members (excludes halogenated alkanes) is 1. The Morgan fingerprint density at radius 3 is 2.63 bits per heavy atom. The van der Waals surface area contributed by atoms with Crippen LogP contribution in [-0.4, -0.2) is 89.3 Å². The van der Waals surface area contributed by atoms with Crippen LogP contribution in [0.3, 0.4) is 0 Å². The zero-order valence-electron chi connectivity index (χ0n) is 18.0. The highest BCUT2D eigenvalue weighted by Gasteiger charge is 2.20. The lowest BCUT2D eigenvalue weighted by atomic mass is 10.2. The van der Waals surface area contributed by atoms with Gasteiger partial charge in [-0.1, -0.05) is 27.2 Å². The van der Waals surface area contributed by atoms with Crippen molar-refractivity contribution in [1.29, 1.82) is 0 Å². The van der Waals surface area contributed by atoms with E-state index in [1.165, 1.54) is 6.42 Å². The number of guanidine groups is 1. The van der Waals surface area contributed by atoms with Gasteiger partial charge in [0.2, 0.25) is 0 Å². The van der Waals surface area contributed by atoms with Crippen LogP contribution >= 0.6 is 0 Å². The van der Waals surface area contributed by atoms with Crippen LogP contribution < -0.4 is 10.6 Å². The lowest BCUT2D eigenvalue weighted by Gasteiger charge is -2.33. The molecule has 0 spiro atoms. The molecule has 0 saturated carbocycles. The zero-order valence-corrected chi connectivity index (χ0v) is 18.0. The van der Waals surface area contributed by atoms with Crippen LogP contribution in [0.15, 0.2) is 4.99 Å². The molecule has 27 heavy (non-hydrogen) atoms. The van der Waals surface area contributed by atoms with Crippen molar-refractivity contribution in [2.75, 3.05) is 72.3 Å². The topological polar surface area (TPSA) is 67.4 Å². The summed E-state index contributed by atoms with van der Waals surface area (Å²) in [6.07, 6.45) is 2.45. The Hall–Kier alpha value is -0.890. The molecule has 0 aromatic carbocycles. The molecule has 1 unspecified atom stereocenters. The van der Waals surface area contributed by atoms with E-state index < -0.39 is 0 Å². The first-order valence-electron chi connectivity index (χ1n) is 10.7. The highest BCUT2D eigenvalue weighted by Crippen LogP contribution is 2.08. The summed E-state index contributed by atoms with van der Waals surface area (Å²) in [5, 5.41) is 6.60. The standard InChI is InChI=1S/C20H42N4O3/c1-5-7-10-25-13-14-26-11-8-22-20(21-6-2)23-15-19-17-24(9-12-27-19)16-18(3)4/h18-19H,5-17H2,1-4H3,(H2,21,22,23). The normalized spacial score (nSPS) is 18.9. The van der Waals surface area contributed by atoms with E-state index in [4.69, 9.17) is 14.2 Å².